The third-order valence-corrected chi connectivity index (χ3v) is 3.13. The number of guanidine groups is 1. The molecule has 1 saturated heterocycles. The summed E-state index contributed by atoms with van der Waals surface area (Å²) < 4.78 is 5.35. The van der Waals surface area contributed by atoms with Gasteiger partial charge in [0.25, 0.3) is 0 Å². The van der Waals surface area contributed by atoms with Gasteiger partial charge in [0.1, 0.15) is 5.60 Å². The highest BCUT2D eigenvalue weighted by Gasteiger charge is 2.39. The molecular weight excluding hydrogens is 321 g/mol. The topological polar surface area (TPSA) is 65.9 Å². The number of ether oxygens (including phenoxy) is 1. The van der Waals surface area contributed by atoms with E-state index in [0.29, 0.717) is 25.6 Å². The molecule has 0 radical (unpaired) electrons. The fraction of sp³-hybridized carbons (Fsp3) is 0.900. The highest BCUT2D eigenvalue weighted by Crippen LogP contribution is 2.24. The quantitative estimate of drug-likeness (QED) is 0.623. The minimum absolute atomic E-state index is 0. The van der Waals surface area contributed by atoms with Crippen molar-refractivity contribution in [1.82, 2.24) is 10.6 Å². The first-order chi connectivity index (χ1) is 7.10. The molecule has 2 rings (SSSR count). The second-order valence-electron chi connectivity index (χ2n) is 4.45. The number of aliphatic hydroxyl groups is 1. The zero-order valence-corrected chi connectivity index (χ0v) is 12.0. The third kappa shape index (κ3) is 2.98. The Morgan fingerprint density at radius 2 is 2.38 bits per heavy atom. The molecule has 0 amide bonds. The van der Waals surface area contributed by atoms with Gasteiger partial charge >= 0.3 is 0 Å². The minimum Gasteiger partial charge on any atom is -0.385 e. The summed E-state index contributed by atoms with van der Waals surface area (Å²) in [6.45, 7) is 5.91. The van der Waals surface area contributed by atoms with Crippen LogP contribution in [0.15, 0.2) is 4.99 Å². The molecule has 5 nitrogen and oxygen atoms in total. The number of nitrogens with zero attached hydrogens (tertiary/aromatic N) is 1. The summed E-state index contributed by atoms with van der Waals surface area (Å²) in [5.74, 6) is 0.787. The van der Waals surface area contributed by atoms with Gasteiger partial charge in [0.2, 0.25) is 0 Å². The average molecular weight is 341 g/mol. The van der Waals surface area contributed by atoms with Crippen LogP contribution in [0.1, 0.15) is 20.3 Å². The van der Waals surface area contributed by atoms with Crippen LogP contribution >= 0.6 is 24.0 Å². The highest BCUT2D eigenvalue weighted by molar-refractivity contribution is 14.0. The van der Waals surface area contributed by atoms with Crippen LogP contribution < -0.4 is 10.6 Å². The summed E-state index contributed by atoms with van der Waals surface area (Å²) in [6.07, 6.45) is 0.578. The van der Waals surface area contributed by atoms with Crippen molar-refractivity contribution in [2.75, 3.05) is 19.7 Å². The van der Waals surface area contributed by atoms with E-state index in [9.17, 15) is 5.11 Å². The first kappa shape index (κ1) is 14.0. The highest BCUT2D eigenvalue weighted by atomic mass is 127. The maximum absolute atomic E-state index is 10.2. The van der Waals surface area contributed by atoms with Crippen LogP contribution in [0, 0.1) is 0 Å². The predicted octanol–water partition coefficient (Wildman–Crippen LogP) is 0.0816. The van der Waals surface area contributed by atoms with E-state index in [0.717, 1.165) is 12.5 Å². The monoisotopic (exact) mass is 341 g/mol. The lowest BCUT2D eigenvalue weighted by molar-refractivity contribution is -0.0234. The molecule has 0 aromatic carbocycles. The van der Waals surface area contributed by atoms with Crippen LogP contribution in [-0.2, 0) is 4.74 Å². The van der Waals surface area contributed by atoms with Gasteiger partial charge in [-0.3, -0.25) is 4.99 Å². The Morgan fingerprint density at radius 1 is 1.62 bits per heavy atom. The summed E-state index contributed by atoms with van der Waals surface area (Å²) in [7, 11) is 0. The van der Waals surface area contributed by atoms with Crippen LogP contribution in [0.3, 0.4) is 0 Å². The van der Waals surface area contributed by atoms with E-state index in [-0.39, 0.29) is 30.1 Å². The lowest BCUT2D eigenvalue weighted by Gasteiger charge is -2.26. The van der Waals surface area contributed by atoms with Gasteiger partial charge in [-0.25, -0.2) is 0 Å². The Hall–Kier alpha value is -0.0800. The van der Waals surface area contributed by atoms with Crippen molar-refractivity contribution in [3.05, 3.63) is 0 Å². The summed E-state index contributed by atoms with van der Waals surface area (Å²) in [4.78, 5) is 4.28. The van der Waals surface area contributed by atoms with Gasteiger partial charge in [-0.05, 0) is 13.8 Å². The van der Waals surface area contributed by atoms with Crippen LogP contribution in [0.25, 0.3) is 0 Å². The van der Waals surface area contributed by atoms with Gasteiger partial charge in [0.05, 0.1) is 12.6 Å². The molecule has 0 aromatic rings. The standard InChI is InChI=1S/C10H19N3O2.HI/c1-7-5-11-9(13-7)12-6-10(14)3-4-15-8(10)2;/h7-8,14H,3-6H2,1-2H3,(H2,11,12,13);1H. The first-order valence-electron chi connectivity index (χ1n) is 5.49. The van der Waals surface area contributed by atoms with E-state index >= 15 is 0 Å². The summed E-state index contributed by atoms with van der Waals surface area (Å²) in [5.41, 5.74) is -0.754. The molecule has 16 heavy (non-hydrogen) atoms. The third-order valence-electron chi connectivity index (χ3n) is 3.13. The zero-order chi connectivity index (χ0) is 10.9. The molecular formula is C10H20IN3O2. The van der Waals surface area contributed by atoms with E-state index < -0.39 is 5.60 Å². The molecule has 94 valence electrons. The van der Waals surface area contributed by atoms with E-state index in [4.69, 9.17) is 4.74 Å². The molecule has 3 N–H and O–H groups in total. The van der Waals surface area contributed by atoms with Crippen LogP contribution in [0.5, 0.6) is 0 Å². The van der Waals surface area contributed by atoms with Gasteiger partial charge in [0.15, 0.2) is 5.96 Å². The van der Waals surface area contributed by atoms with Gasteiger partial charge in [-0.1, -0.05) is 0 Å². The van der Waals surface area contributed by atoms with E-state index in [1.807, 2.05) is 6.92 Å². The maximum atomic E-state index is 10.2. The predicted molar refractivity (Wildman–Crippen MR) is 73.3 cm³/mol. The second-order valence-corrected chi connectivity index (χ2v) is 4.45. The van der Waals surface area contributed by atoms with Crippen molar-refractivity contribution in [3.63, 3.8) is 0 Å². The van der Waals surface area contributed by atoms with Crippen LogP contribution in [-0.4, -0.2) is 48.5 Å². The number of halogens is 1. The average Bonchev–Trinajstić information content (AvgIpc) is 2.73. The number of hydrogen-bond acceptors (Lipinski definition) is 5. The maximum Gasteiger partial charge on any atom is 0.191 e. The lowest BCUT2D eigenvalue weighted by Crippen LogP contribution is -2.50. The molecule has 0 bridgehead atoms. The minimum atomic E-state index is -0.754. The Morgan fingerprint density at radius 3 is 2.88 bits per heavy atom. The fourth-order valence-electron chi connectivity index (χ4n) is 1.90. The van der Waals surface area contributed by atoms with Crippen molar-refractivity contribution in [3.8, 4) is 0 Å². The van der Waals surface area contributed by atoms with Crippen LogP contribution in [0.4, 0.5) is 0 Å². The Bertz CT molecular complexity index is 275. The van der Waals surface area contributed by atoms with Crippen LogP contribution in [0.2, 0.25) is 0 Å². The fourth-order valence-corrected chi connectivity index (χ4v) is 1.90. The second kappa shape index (κ2) is 5.50. The summed E-state index contributed by atoms with van der Waals surface area (Å²) in [5, 5.41) is 16.5. The van der Waals surface area contributed by atoms with Gasteiger partial charge in [-0.2, -0.15) is 0 Å². The molecule has 3 unspecified atom stereocenters. The van der Waals surface area contributed by atoms with Crippen molar-refractivity contribution >= 4 is 29.9 Å². The van der Waals surface area contributed by atoms with Crippen molar-refractivity contribution in [2.45, 2.75) is 38.0 Å². The van der Waals surface area contributed by atoms with Crippen molar-refractivity contribution in [2.24, 2.45) is 4.99 Å². The Labute approximate surface area is 113 Å². The van der Waals surface area contributed by atoms with Crippen molar-refractivity contribution < 1.29 is 9.84 Å². The van der Waals surface area contributed by atoms with Gasteiger partial charge in [0, 0.05) is 25.6 Å². The molecule has 0 aromatic heterocycles. The Kier molecular flexibility index (Phi) is 4.81. The molecule has 0 saturated carbocycles. The normalized spacial score (nSPS) is 37.6. The smallest absolute Gasteiger partial charge is 0.191 e. The molecule has 2 aliphatic heterocycles. The van der Waals surface area contributed by atoms with Gasteiger partial charge < -0.3 is 20.5 Å². The largest absolute Gasteiger partial charge is 0.385 e. The van der Waals surface area contributed by atoms with E-state index in [2.05, 4.69) is 22.5 Å². The SMILES string of the molecule is CC1CN=C(NCC2(O)CCOC2C)N1.I. The summed E-state index contributed by atoms with van der Waals surface area (Å²) >= 11 is 0. The molecule has 1 fully saturated rings. The van der Waals surface area contributed by atoms with Crippen molar-refractivity contribution in [1.29, 1.82) is 0 Å². The number of aliphatic imine (C=N–C) groups is 1. The molecule has 3 atom stereocenters. The number of nitrogens with one attached hydrogen (secondary N) is 2. The first-order valence-corrected chi connectivity index (χ1v) is 5.49. The molecule has 2 heterocycles. The van der Waals surface area contributed by atoms with Gasteiger partial charge in [-0.15, -0.1) is 24.0 Å². The van der Waals surface area contributed by atoms with E-state index in [1.165, 1.54) is 0 Å². The molecule has 0 aliphatic carbocycles. The van der Waals surface area contributed by atoms with E-state index in [1.54, 1.807) is 0 Å². The Balaban J connectivity index is 0.00000128. The number of rotatable bonds is 2. The molecule has 2 aliphatic rings. The summed E-state index contributed by atoms with van der Waals surface area (Å²) in [6, 6.07) is 0.388. The zero-order valence-electron chi connectivity index (χ0n) is 9.69. The lowest BCUT2D eigenvalue weighted by atomic mass is 9.97. The molecule has 6 heteroatoms. The molecule has 0 spiro atoms. The number of hydrogen-bond donors (Lipinski definition) is 3.